The van der Waals surface area contributed by atoms with E-state index in [1.807, 2.05) is 0 Å². The standard InChI is InChI=1S/C19H21.Y/c1-13-12-19-16-8-3-2-6-14(16)10-11-18(19)17-9-5-4-7-15(13)17;/h2-3,6,8,12-13H,4-5,7,9-11H2,1H3;/q-1;. The molecule has 1 aromatic carbocycles. The van der Waals surface area contributed by atoms with Crippen LogP contribution in [-0.4, -0.2) is 0 Å². The van der Waals surface area contributed by atoms with E-state index in [0.29, 0.717) is 5.92 Å². The maximum atomic E-state index is 2.54. The number of fused-ring (bicyclic) bond motifs is 3. The SMILES string of the molecule is CC1[CH-]C2=C(CCc3ccccc32)C2=C1CCCC2.[Y]. The van der Waals surface area contributed by atoms with Crippen molar-refractivity contribution in [3.05, 3.63) is 58.5 Å². The van der Waals surface area contributed by atoms with Crippen molar-refractivity contribution in [1.29, 1.82) is 0 Å². The van der Waals surface area contributed by atoms with Gasteiger partial charge in [0.1, 0.15) is 0 Å². The number of aryl methyl sites for hydroxylation is 1. The molecule has 0 saturated heterocycles. The second-order valence-electron chi connectivity index (χ2n) is 6.22. The smallest absolute Gasteiger partial charge is 0 e. The van der Waals surface area contributed by atoms with Crippen LogP contribution in [0, 0.1) is 12.3 Å². The summed E-state index contributed by atoms with van der Waals surface area (Å²) in [5.41, 5.74) is 9.80. The summed E-state index contributed by atoms with van der Waals surface area (Å²) in [6.45, 7) is 2.39. The summed E-state index contributed by atoms with van der Waals surface area (Å²) in [6.07, 6.45) is 10.5. The van der Waals surface area contributed by atoms with E-state index in [9.17, 15) is 0 Å². The van der Waals surface area contributed by atoms with Crippen LogP contribution in [0.4, 0.5) is 0 Å². The van der Waals surface area contributed by atoms with Crippen molar-refractivity contribution in [2.75, 3.05) is 0 Å². The Kier molecular flexibility index (Phi) is 4.25. The molecule has 0 aliphatic heterocycles. The van der Waals surface area contributed by atoms with Gasteiger partial charge in [0.15, 0.2) is 0 Å². The van der Waals surface area contributed by atoms with Crippen LogP contribution in [-0.2, 0) is 39.1 Å². The Morgan fingerprint density at radius 3 is 2.65 bits per heavy atom. The molecule has 0 N–H and O–H groups in total. The van der Waals surface area contributed by atoms with Crippen LogP contribution in [0.2, 0.25) is 0 Å². The molecule has 0 saturated carbocycles. The summed E-state index contributed by atoms with van der Waals surface area (Å²) < 4.78 is 0. The van der Waals surface area contributed by atoms with Crippen molar-refractivity contribution in [2.24, 2.45) is 5.92 Å². The Hall–Kier alpha value is -0.326. The molecule has 0 nitrogen and oxygen atoms in total. The normalized spacial score (nSPS) is 24.1. The molecular weight excluding hydrogens is 317 g/mol. The van der Waals surface area contributed by atoms with E-state index in [1.165, 1.54) is 44.1 Å². The topological polar surface area (TPSA) is 0 Å². The van der Waals surface area contributed by atoms with Crippen LogP contribution in [0.15, 0.2) is 41.0 Å². The summed E-state index contributed by atoms with van der Waals surface area (Å²) in [5.74, 6) is 0.653. The van der Waals surface area contributed by atoms with Gasteiger partial charge in [-0.15, -0.1) is 22.8 Å². The fraction of sp³-hybridized carbons (Fsp3) is 0.421. The van der Waals surface area contributed by atoms with Gasteiger partial charge in [-0.2, -0.15) is 12.0 Å². The average molecular weight is 338 g/mol. The summed E-state index contributed by atoms with van der Waals surface area (Å²) in [4.78, 5) is 0. The number of benzene rings is 1. The van der Waals surface area contributed by atoms with Gasteiger partial charge in [-0.05, 0) is 38.0 Å². The van der Waals surface area contributed by atoms with Crippen LogP contribution in [0.25, 0.3) is 5.57 Å². The minimum atomic E-state index is 0. The molecule has 1 unspecified atom stereocenters. The van der Waals surface area contributed by atoms with E-state index in [0.717, 1.165) is 0 Å². The third kappa shape index (κ3) is 2.26. The predicted molar refractivity (Wildman–Crippen MR) is 80.6 cm³/mol. The van der Waals surface area contributed by atoms with E-state index >= 15 is 0 Å². The molecule has 3 aliphatic carbocycles. The summed E-state index contributed by atoms with van der Waals surface area (Å²) in [7, 11) is 0. The van der Waals surface area contributed by atoms with Gasteiger partial charge >= 0.3 is 0 Å². The number of hydrogen-bond donors (Lipinski definition) is 0. The number of hydrogen-bond acceptors (Lipinski definition) is 0. The van der Waals surface area contributed by atoms with Crippen molar-refractivity contribution in [2.45, 2.75) is 45.4 Å². The van der Waals surface area contributed by atoms with Gasteiger partial charge in [0.25, 0.3) is 0 Å². The van der Waals surface area contributed by atoms with Crippen LogP contribution in [0.3, 0.4) is 0 Å². The van der Waals surface area contributed by atoms with Crippen molar-refractivity contribution < 1.29 is 32.7 Å². The van der Waals surface area contributed by atoms with E-state index in [-0.39, 0.29) is 32.7 Å². The first-order valence-electron chi connectivity index (χ1n) is 7.73. The van der Waals surface area contributed by atoms with Gasteiger partial charge in [-0.3, -0.25) is 0 Å². The fourth-order valence-electron chi connectivity index (χ4n) is 4.19. The Bertz CT molecular complexity index is 592. The monoisotopic (exact) mass is 338 g/mol. The third-order valence-corrected chi connectivity index (χ3v) is 5.12. The second kappa shape index (κ2) is 5.81. The van der Waals surface area contributed by atoms with Crippen LogP contribution >= 0.6 is 0 Å². The second-order valence-corrected chi connectivity index (χ2v) is 6.22. The third-order valence-electron chi connectivity index (χ3n) is 5.12. The molecule has 0 amide bonds. The maximum Gasteiger partial charge on any atom is 0 e. The zero-order chi connectivity index (χ0) is 12.8. The molecule has 20 heavy (non-hydrogen) atoms. The molecule has 4 rings (SSSR count). The van der Waals surface area contributed by atoms with Crippen molar-refractivity contribution in [3.8, 4) is 0 Å². The molecular formula is C19H21Y-. The van der Waals surface area contributed by atoms with E-state index in [1.54, 1.807) is 27.9 Å². The van der Waals surface area contributed by atoms with E-state index < -0.39 is 0 Å². The molecule has 1 heteroatoms. The van der Waals surface area contributed by atoms with Crippen molar-refractivity contribution >= 4 is 5.57 Å². The maximum absolute atomic E-state index is 2.54. The van der Waals surface area contributed by atoms with Gasteiger partial charge in [0, 0.05) is 32.7 Å². The zero-order valence-electron chi connectivity index (χ0n) is 12.3. The molecule has 1 atom stereocenters. The Morgan fingerprint density at radius 1 is 0.950 bits per heavy atom. The number of rotatable bonds is 0. The zero-order valence-corrected chi connectivity index (χ0v) is 15.1. The van der Waals surface area contributed by atoms with Gasteiger partial charge in [0.2, 0.25) is 0 Å². The Labute approximate surface area is 147 Å². The first kappa shape index (κ1) is 14.6. The largest absolute Gasteiger partial charge is 0.181 e. The molecule has 0 aromatic heterocycles. The molecule has 101 valence electrons. The molecule has 0 bridgehead atoms. The fourth-order valence-corrected chi connectivity index (χ4v) is 4.19. The predicted octanol–water partition coefficient (Wildman–Crippen LogP) is 5.11. The summed E-state index contributed by atoms with van der Waals surface area (Å²) in [5, 5.41) is 0. The molecule has 3 aliphatic rings. The average Bonchev–Trinajstić information content (AvgIpc) is 2.47. The van der Waals surface area contributed by atoms with Crippen LogP contribution in [0.1, 0.15) is 50.2 Å². The van der Waals surface area contributed by atoms with Gasteiger partial charge in [-0.1, -0.05) is 42.7 Å². The van der Waals surface area contributed by atoms with Crippen molar-refractivity contribution in [1.82, 2.24) is 0 Å². The van der Waals surface area contributed by atoms with Gasteiger partial charge in [-0.25, -0.2) is 0 Å². The van der Waals surface area contributed by atoms with E-state index in [2.05, 4.69) is 37.6 Å². The quantitative estimate of drug-likeness (QED) is 0.577. The Morgan fingerprint density at radius 2 is 1.75 bits per heavy atom. The van der Waals surface area contributed by atoms with Crippen LogP contribution in [0.5, 0.6) is 0 Å². The Balaban J connectivity index is 0.00000121. The minimum absolute atomic E-state index is 0. The summed E-state index contributed by atoms with van der Waals surface area (Å²) >= 11 is 0. The first-order chi connectivity index (χ1) is 9.34. The minimum Gasteiger partial charge on any atom is -0.181 e. The molecule has 1 aromatic rings. The first-order valence-corrected chi connectivity index (χ1v) is 7.73. The number of allylic oxidation sites excluding steroid dienone is 4. The molecule has 0 fully saturated rings. The summed E-state index contributed by atoms with van der Waals surface area (Å²) in [6, 6.07) is 9.00. The molecule has 0 heterocycles. The molecule has 1 radical (unpaired) electrons. The molecule has 0 spiro atoms. The van der Waals surface area contributed by atoms with Crippen molar-refractivity contribution in [3.63, 3.8) is 0 Å². The van der Waals surface area contributed by atoms with Gasteiger partial charge in [0.05, 0.1) is 0 Å². The van der Waals surface area contributed by atoms with E-state index in [4.69, 9.17) is 0 Å². The van der Waals surface area contributed by atoms with Gasteiger partial charge < -0.3 is 0 Å². The van der Waals surface area contributed by atoms with Crippen LogP contribution < -0.4 is 0 Å².